The molecule has 0 aliphatic rings. The van der Waals surface area contributed by atoms with E-state index < -0.39 is 6.04 Å². The van der Waals surface area contributed by atoms with Gasteiger partial charge >= 0.3 is 0 Å². The monoisotopic (exact) mass is 422 g/mol. The first-order chi connectivity index (χ1) is 15.6. The highest BCUT2D eigenvalue weighted by molar-refractivity contribution is 5.86. The number of benzene rings is 3. The lowest BCUT2D eigenvalue weighted by Crippen LogP contribution is -2.46. The van der Waals surface area contributed by atoms with Crippen LogP contribution in [0.3, 0.4) is 0 Å². The number of aromatic nitrogens is 1. The molecular weight excluding hydrogens is 396 g/mol. The van der Waals surface area contributed by atoms with Crippen molar-refractivity contribution in [2.45, 2.75) is 32.0 Å². The van der Waals surface area contributed by atoms with Gasteiger partial charge in [-0.25, -0.2) is 0 Å². The minimum Gasteiger partial charge on any atom is -0.361 e. The number of amides is 1. The van der Waals surface area contributed by atoms with E-state index in [4.69, 9.17) is 5.26 Å². The van der Waals surface area contributed by atoms with Crippen LogP contribution >= 0.6 is 0 Å². The average molecular weight is 423 g/mol. The summed E-state index contributed by atoms with van der Waals surface area (Å²) in [5, 5.41) is 16.9. The zero-order valence-corrected chi connectivity index (χ0v) is 18.0. The number of nitriles is 1. The van der Waals surface area contributed by atoms with Gasteiger partial charge in [-0.2, -0.15) is 5.26 Å². The van der Waals surface area contributed by atoms with E-state index in [1.54, 1.807) is 6.07 Å². The van der Waals surface area contributed by atoms with E-state index in [0.29, 0.717) is 18.5 Å². The standard InChI is InChI=1S/C27H26N4O/c1-19(22-10-3-2-4-11-22)31-27(32)26(29-17-21-9-7-8-20(14-21)16-28)15-23-18-30-25-13-6-5-12-24(23)25/h2-14,18-19,26,29-30H,15,17H2,1H3,(H,31,32). The molecule has 0 saturated carbocycles. The van der Waals surface area contributed by atoms with E-state index in [2.05, 4.69) is 27.8 Å². The molecule has 0 saturated heterocycles. The van der Waals surface area contributed by atoms with Crippen LogP contribution in [0.1, 0.15) is 35.2 Å². The molecule has 32 heavy (non-hydrogen) atoms. The minimum absolute atomic E-state index is 0.0527. The predicted molar refractivity (Wildman–Crippen MR) is 127 cm³/mol. The quantitative estimate of drug-likeness (QED) is 0.388. The second kappa shape index (κ2) is 9.95. The summed E-state index contributed by atoms with van der Waals surface area (Å²) in [4.78, 5) is 16.6. The molecule has 0 fully saturated rings. The third-order valence-corrected chi connectivity index (χ3v) is 5.68. The molecule has 0 aliphatic heterocycles. The maximum Gasteiger partial charge on any atom is 0.237 e. The highest BCUT2D eigenvalue weighted by Crippen LogP contribution is 2.20. The molecule has 3 aromatic carbocycles. The summed E-state index contributed by atoms with van der Waals surface area (Å²) in [6, 6.07) is 27.1. The topological polar surface area (TPSA) is 80.7 Å². The third kappa shape index (κ3) is 5.05. The molecule has 160 valence electrons. The summed E-state index contributed by atoms with van der Waals surface area (Å²) in [6.45, 7) is 2.49. The molecule has 0 aliphatic carbocycles. The van der Waals surface area contributed by atoms with E-state index in [1.807, 2.05) is 79.9 Å². The molecule has 2 atom stereocenters. The predicted octanol–water partition coefficient (Wildman–Crippen LogP) is 4.62. The van der Waals surface area contributed by atoms with Gasteiger partial charge in [0.25, 0.3) is 0 Å². The van der Waals surface area contributed by atoms with Crippen LogP contribution in [0.2, 0.25) is 0 Å². The first-order valence-corrected chi connectivity index (χ1v) is 10.8. The number of aromatic amines is 1. The lowest BCUT2D eigenvalue weighted by molar-refractivity contribution is -0.123. The second-order valence-corrected chi connectivity index (χ2v) is 7.95. The fraction of sp³-hybridized carbons (Fsp3) is 0.185. The molecule has 0 spiro atoms. The van der Waals surface area contributed by atoms with Crippen molar-refractivity contribution in [1.82, 2.24) is 15.6 Å². The molecule has 5 heteroatoms. The Kier molecular flexibility index (Phi) is 6.64. The molecule has 0 radical (unpaired) electrons. The van der Waals surface area contributed by atoms with Crippen molar-refractivity contribution < 1.29 is 4.79 Å². The Bertz CT molecular complexity index is 1240. The highest BCUT2D eigenvalue weighted by atomic mass is 16.2. The van der Waals surface area contributed by atoms with Crippen molar-refractivity contribution in [2.24, 2.45) is 0 Å². The van der Waals surface area contributed by atoms with Gasteiger partial charge in [-0.1, -0.05) is 60.7 Å². The van der Waals surface area contributed by atoms with Crippen molar-refractivity contribution in [3.63, 3.8) is 0 Å². The molecule has 5 nitrogen and oxygen atoms in total. The molecule has 0 bridgehead atoms. The number of carbonyl (C=O) groups excluding carboxylic acids is 1. The van der Waals surface area contributed by atoms with Crippen LogP contribution in [-0.2, 0) is 17.8 Å². The SMILES string of the molecule is CC(NC(=O)C(Cc1c[nH]c2ccccc12)NCc1cccc(C#N)c1)c1ccccc1. The first kappa shape index (κ1) is 21.4. The zero-order valence-electron chi connectivity index (χ0n) is 18.0. The van der Waals surface area contributed by atoms with E-state index in [0.717, 1.165) is 27.6 Å². The fourth-order valence-electron chi connectivity index (χ4n) is 3.91. The minimum atomic E-state index is -0.425. The summed E-state index contributed by atoms with van der Waals surface area (Å²) in [7, 11) is 0. The Morgan fingerprint density at radius 3 is 2.62 bits per heavy atom. The fourth-order valence-corrected chi connectivity index (χ4v) is 3.91. The number of rotatable bonds is 8. The number of H-pyrrole nitrogens is 1. The molecule has 4 aromatic rings. The Labute approximate surface area is 188 Å². The maximum atomic E-state index is 13.3. The molecule has 2 unspecified atom stereocenters. The number of nitrogens with one attached hydrogen (secondary N) is 3. The smallest absolute Gasteiger partial charge is 0.237 e. The molecule has 1 heterocycles. The van der Waals surface area contributed by atoms with Gasteiger partial charge in [-0.05, 0) is 48.2 Å². The second-order valence-electron chi connectivity index (χ2n) is 7.95. The number of hydrogen-bond donors (Lipinski definition) is 3. The summed E-state index contributed by atoms with van der Waals surface area (Å²) >= 11 is 0. The Morgan fingerprint density at radius 2 is 1.81 bits per heavy atom. The number of hydrogen-bond acceptors (Lipinski definition) is 3. The molecular formula is C27H26N4O. The van der Waals surface area contributed by atoms with E-state index in [9.17, 15) is 4.79 Å². The van der Waals surface area contributed by atoms with Crippen molar-refractivity contribution in [2.75, 3.05) is 0 Å². The lowest BCUT2D eigenvalue weighted by Gasteiger charge is -2.22. The average Bonchev–Trinajstić information content (AvgIpc) is 3.25. The molecule has 4 rings (SSSR count). The van der Waals surface area contributed by atoms with E-state index in [-0.39, 0.29) is 11.9 Å². The summed E-state index contributed by atoms with van der Waals surface area (Å²) in [5.41, 5.74) is 4.79. The Morgan fingerprint density at radius 1 is 1.03 bits per heavy atom. The number of carbonyl (C=O) groups is 1. The van der Waals surface area contributed by atoms with Gasteiger partial charge in [0.2, 0.25) is 5.91 Å². The lowest BCUT2D eigenvalue weighted by atomic mass is 10.0. The van der Waals surface area contributed by atoms with Crippen LogP contribution in [0.5, 0.6) is 0 Å². The number of para-hydroxylation sites is 1. The van der Waals surface area contributed by atoms with E-state index >= 15 is 0 Å². The normalized spacial score (nSPS) is 12.8. The van der Waals surface area contributed by atoms with Crippen LogP contribution in [0.15, 0.2) is 85.1 Å². The first-order valence-electron chi connectivity index (χ1n) is 10.8. The van der Waals surface area contributed by atoms with E-state index in [1.165, 1.54) is 0 Å². The van der Waals surface area contributed by atoms with Crippen molar-refractivity contribution in [3.8, 4) is 6.07 Å². The summed E-state index contributed by atoms with van der Waals surface area (Å²) in [6.07, 6.45) is 2.53. The van der Waals surface area contributed by atoms with Crippen molar-refractivity contribution in [3.05, 3.63) is 107 Å². The van der Waals surface area contributed by atoms with Crippen LogP contribution in [0.25, 0.3) is 10.9 Å². The summed E-state index contributed by atoms with van der Waals surface area (Å²) in [5.74, 6) is -0.0527. The van der Waals surface area contributed by atoms with Gasteiger partial charge in [0.05, 0.1) is 23.7 Å². The van der Waals surface area contributed by atoms with Crippen LogP contribution < -0.4 is 10.6 Å². The van der Waals surface area contributed by atoms with Crippen molar-refractivity contribution in [1.29, 1.82) is 5.26 Å². The maximum absolute atomic E-state index is 13.3. The van der Waals surface area contributed by atoms with Gasteiger partial charge in [0.1, 0.15) is 0 Å². The number of nitrogens with zero attached hydrogens (tertiary/aromatic N) is 1. The van der Waals surface area contributed by atoms with Crippen molar-refractivity contribution >= 4 is 16.8 Å². The Hall–Kier alpha value is -3.88. The van der Waals surface area contributed by atoms with Gasteiger partial charge in [-0.15, -0.1) is 0 Å². The molecule has 3 N–H and O–H groups in total. The highest BCUT2D eigenvalue weighted by Gasteiger charge is 2.22. The summed E-state index contributed by atoms with van der Waals surface area (Å²) < 4.78 is 0. The van der Waals surface area contributed by atoms with Crippen LogP contribution in [0.4, 0.5) is 0 Å². The Balaban J connectivity index is 1.53. The van der Waals surface area contributed by atoms with Crippen LogP contribution in [0, 0.1) is 11.3 Å². The van der Waals surface area contributed by atoms with Gasteiger partial charge in [-0.3, -0.25) is 4.79 Å². The van der Waals surface area contributed by atoms with Gasteiger partial charge < -0.3 is 15.6 Å². The van der Waals surface area contributed by atoms with Gasteiger partial charge in [0, 0.05) is 23.6 Å². The molecule has 1 amide bonds. The third-order valence-electron chi connectivity index (χ3n) is 5.68. The largest absolute Gasteiger partial charge is 0.361 e. The number of fused-ring (bicyclic) bond motifs is 1. The zero-order chi connectivity index (χ0) is 22.3. The molecule has 1 aromatic heterocycles. The van der Waals surface area contributed by atoms with Gasteiger partial charge in [0.15, 0.2) is 0 Å². The van der Waals surface area contributed by atoms with Crippen LogP contribution in [-0.4, -0.2) is 16.9 Å².